The maximum Gasteiger partial charge on any atom is 0.407 e. The second kappa shape index (κ2) is 8.95. The molecule has 1 aliphatic rings. The number of hydrogen-bond acceptors (Lipinski definition) is 4. The predicted molar refractivity (Wildman–Crippen MR) is 87.7 cm³/mol. The first-order valence-corrected chi connectivity index (χ1v) is 7.75. The van der Waals surface area contributed by atoms with E-state index >= 15 is 0 Å². The van der Waals surface area contributed by atoms with Crippen molar-refractivity contribution in [3.05, 3.63) is 48.6 Å². The molecule has 0 saturated carbocycles. The van der Waals surface area contributed by atoms with E-state index in [0.717, 1.165) is 5.56 Å². The largest absolute Gasteiger partial charge is 0.445 e. The Kier molecular flexibility index (Phi) is 6.62. The molecule has 1 aromatic carbocycles. The van der Waals surface area contributed by atoms with Crippen LogP contribution in [0.1, 0.15) is 12.0 Å². The van der Waals surface area contributed by atoms with E-state index in [1.807, 2.05) is 30.3 Å². The molecule has 124 valence electrons. The highest BCUT2D eigenvalue weighted by Gasteiger charge is 2.29. The van der Waals surface area contributed by atoms with Crippen LogP contribution in [0, 0.1) is 5.92 Å². The second-order valence-electron chi connectivity index (χ2n) is 5.54. The molecule has 0 spiro atoms. The summed E-state index contributed by atoms with van der Waals surface area (Å²) in [6.45, 7) is 5.47. The summed E-state index contributed by atoms with van der Waals surface area (Å²) in [5.41, 5.74) is 0.948. The van der Waals surface area contributed by atoms with Crippen LogP contribution in [0.5, 0.6) is 0 Å². The molecule has 0 radical (unpaired) electrons. The van der Waals surface area contributed by atoms with Gasteiger partial charge in [0.2, 0.25) is 5.91 Å². The van der Waals surface area contributed by atoms with Crippen LogP contribution < -0.4 is 16.0 Å². The molecule has 1 aromatic rings. The zero-order chi connectivity index (χ0) is 16.5. The normalized spacial score (nSPS) is 19.8. The summed E-state index contributed by atoms with van der Waals surface area (Å²) in [6.07, 6.45) is 1.91. The van der Waals surface area contributed by atoms with Crippen LogP contribution in [0.3, 0.4) is 0 Å². The van der Waals surface area contributed by atoms with Crippen LogP contribution in [0.25, 0.3) is 0 Å². The van der Waals surface area contributed by atoms with Crippen LogP contribution in [0.2, 0.25) is 0 Å². The molecule has 1 heterocycles. The second-order valence-corrected chi connectivity index (χ2v) is 5.54. The topological polar surface area (TPSA) is 79.5 Å². The van der Waals surface area contributed by atoms with Gasteiger partial charge in [-0.2, -0.15) is 0 Å². The first-order chi connectivity index (χ1) is 11.2. The quantitative estimate of drug-likeness (QED) is 0.660. The molecule has 6 nitrogen and oxygen atoms in total. The van der Waals surface area contributed by atoms with Gasteiger partial charge in [-0.1, -0.05) is 36.4 Å². The third kappa shape index (κ3) is 5.75. The summed E-state index contributed by atoms with van der Waals surface area (Å²) in [5, 5.41) is 8.67. The van der Waals surface area contributed by atoms with Crippen molar-refractivity contribution in [2.24, 2.45) is 5.92 Å². The lowest BCUT2D eigenvalue weighted by Gasteiger charge is -2.12. The lowest BCUT2D eigenvalue weighted by Crippen LogP contribution is -2.40. The van der Waals surface area contributed by atoms with Crippen molar-refractivity contribution in [1.82, 2.24) is 16.0 Å². The lowest BCUT2D eigenvalue weighted by atomic mass is 10.1. The van der Waals surface area contributed by atoms with Gasteiger partial charge in [0.15, 0.2) is 0 Å². The maximum absolute atomic E-state index is 11.8. The van der Waals surface area contributed by atoms with Gasteiger partial charge in [-0.05, 0) is 17.9 Å². The molecule has 1 saturated heterocycles. The number of alkyl carbamates (subject to hydrolysis) is 1. The average molecular weight is 317 g/mol. The molecular weight excluding hydrogens is 294 g/mol. The lowest BCUT2D eigenvalue weighted by molar-refractivity contribution is -0.122. The number of ether oxygens (including phenoxy) is 1. The Hall–Kier alpha value is -2.34. The summed E-state index contributed by atoms with van der Waals surface area (Å²) in [7, 11) is 0. The van der Waals surface area contributed by atoms with Crippen molar-refractivity contribution < 1.29 is 14.3 Å². The minimum atomic E-state index is -0.437. The molecule has 6 heteroatoms. The minimum absolute atomic E-state index is 0.0287. The zero-order valence-electron chi connectivity index (χ0n) is 13.1. The van der Waals surface area contributed by atoms with Gasteiger partial charge in [-0.15, -0.1) is 6.58 Å². The molecule has 0 aromatic heterocycles. The monoisotopic (exact) mass is 317 g/mol. The van der Waals surface area contributed by atoms with E-state index in [-0.39, 0.29) is 24.5 Å². The van der Waals surface area contributed by atoms with Crippen molar-refractivity contribution in [1.29, 1.82) is 0 Å². The molecule has 0 aliphatic carbocycles. The third-order valence-corrected chi connectivity index (χ3v) is 3.71. The molecule has 2 atom stereocenters. The summed E-state index contributed by atoms with van der Waals surface area (Å²) < 4.78 is 5.15. The van der Waals surface area contributed by atoms with Crippen LogP contribution in [-0.4, -0.2) is 37.7 Å². The summed E-state index contributed by atoms with van der Waals surface area (Å²) >= 11 is 0. The third-order valence-electron chi connectivity index (χ3n) is 3.71. The highest BCUT2D eigenvalue weighted by atomic mass is 16.5. The zero-order valence-corrected chi connectivity index (χ0v) is 13.1. The fourth-order valence-corrected chi connectivity index (χ4v) is 2.46. The van der Waals surface area contributed by atoms with Gasteiger partial charge < -0.3 is 20.7 Å². The number of benzene rings is 1. The van der Waals surface area contributed by atoms with Crippen LogP contribution in [0.4, 0.5) is 4.79 Å². The van der Waals surface area contributed by atoms with Crippen LogP contribution >= 0.6 is 0 Å². The average Bonchev–Trinajstić information content (AvgIpc) is 3.06. The van der Waals surface area contributed by atoms with E-state index in [2.05, 4.69) is 22.5 Å². The molecule has 23 heavy (non-hydrogen) atoms. The van der Waals surface area contributed by atoms with Crippen molar-refractivity contribution in [3.8, 4) is 0 Å². The van der Waals surface area contributed by atoms with Gasteiger partial charge in [0.25, 0.3) is 0 Å². The molecular formula is C17H23N3O3. The van der Waals surface area contributed by atoms with E-state index in [4.69, 9.17) is 4.74 Å². The van der Waals surface area contributed by atoms with Gasteiger partial charge in [-0.25, -0.2) is 4.79 Å². The van der Waals surface area contributed by atoms with Crippen molar-refractivity contribution in [3.63, 3.8) is 0 Å². The Bertz CT molecular complexity index is 533. The van der Waals surface area contributed by atoms with Gasteiger partial charge in [0, 0.05) is 19.6 Å². The van der Waals surface area contributed by atoms with Gasteiger partial charge >= 0.3 is 6.09 Å². The fourth-order valence-electron chi connectivity index (χ4n) is 2.46. The Morgan fingerprint density at radius 3 is 2.83 bits per heavy atom. The van der Waals surface area contributed by atoms with E-state index in [0.29, 0.717) is 26.1 Å². The molecule has 2 rings (SSSR count). The van der Waals surface area contributed by atoms with Crippen LogP contribution in [0.15, 0.2) is 43.0 Å². The van der Waals surface area contributed by atoms with Gasteiger partial charge in [0.1, 0.15) is 6.61 Å². The van der Waals surface area contributed by atoms with Crippen LogP contribution in [-0.2, 0) is 16.1 Å². The smallest absolute Gasteiger partial charge is 0.407 e. The van der Waals surface area contributed by atoms with Gasteiger partial charge in [0.05, 0.1) is 6.04 Å². The number of carbonyl (C=O) groups is 2. The van der Waals surface area contributed by atoms with Crippen molar-refractivity contribution in [2.45, 2.75) is 19.1 Å². The number of carbonyl (C=O) groups excluding carboxylic acids is 2. The number of nitrogens with one attached hydrogen (secondary N) is 3. The van der Waals surface area contributed by atoms with Crippen molar-refractivity contribution in [2.75, 3.05) is 19.6 Å². The number of hydrogen-bond donors (Lipinski definition) is 3. The Morgan fingerprint density at radius 2 is 2.09 bits per heavy atom. The minimum Gasteiger partial charge on any atom is -0.445 e. The van der Waals surface area contributed by atoms with Gasteiger partial charge in [-0.3, -0.25) is 4.79 Å². The predicted octanol–water partition coefficient (Wildman–Crippen LogP) is 1.19. The summed E-state index contributed by atoms with van der Waals surface area (Å²) in [5.74, 6) is 0.192. The van der Waals surface area contributed by atoms with E-state index < -0.39 is 6.09 Å². The summed E-state index contributed by atoms with van der Waals surface area (Å²) in [6, 6.07) is 9.32. The molecule has 1 fully saturated rings. The van der Waals surface area contributed by atoms with E-state index in [1.165, 1.54) is 0 Å². The van der Waals surface area contributed by atoms with Crippen molar-refractivity contribution >= 4 is 12.0 Å². The standard InChI is InChI=1S/C17H23N3O3/c1-2-8-18-16(21)15-9-14(10-19-15)11-20-17(22)23-12-13-6-4-3-5-7-13/h2-7,14-15,19H,1,8-12H2,(H,18,21)(H,20,22)/t14-,15+/m1/s1. The fraction of sp³-hybridized carbons (Fsp3) is 0.412. The molecule has 0 unspecified atom stereocenters. The molecule has 3 N–H and O–H groups in total. The SMILES string of the molecule is C=CCNC(=O)[C@@H]1C[C@@H](CNC(=O)OCc2ccccc2)CN1. The van der Waals surface area contributed by atoms with E-state index in [1.54, 1.807) is 6.08 Å². The first-order valence-electron chi connectivity index (χ1n) is 7.75. The first kappa shape index (κ1) is 17.0. The molecule has 1 aliphatic heterocycles. The van der Waals surface area contributed by atoms with E-state index in [9.17, 15) is 9.59 Å². The Balaban J connectivity index is 1.63. The highest BCUT2D eigenvalue weighted by molar-refractivity contribution is 5.82. The number of rotatable bonds is 7. The maximum atomic E-state index is 11.8. The Labute approximate surface area is 136 Å². The Morgan fingerprint density at radius 1 is 1.30 bits per heavy atom. The molecule has 0 bridgehead atoms. The number of amides is 2. The highest BCUT2D eigenvalue weighted by Crippen LogP contribution is 2.13. The summed E-state index contributed by atoms with van der Waals surface area (Å²) in [4.78, 5) is 23.5. The molecule has 2 amide bonds.